The largest absolute Gasteiger partial charge is 0.480 e. The van der Waals surface area contributed by atoms with Gasteiger partial charge in [-0.25, -0.2) is 21.9 Å². The van der Waals surface area contributed by atoms with E-state index in [2.05, 4.69) is 4.72 Å². The van der Waals surface area contributed by atoms with Crippen LogP contribution in [0.25, 0.3) is 0 Å². The standard InChI is InChI=1S/C14H24F2N2O4S/c1-2-18(8-13(19)20)12-6-11(7-12)17-23(21,22)9-10-4-3-5-14(10,15)16/h10-12,17H,2-9H2,1H3,(H,19,20). The summed E-state index contributed by atoms with van der Waals surface area (Å²) in [6.07, 6.45) is 1.39. The first-order valence-corrected chi connectivity index (χ1v) is 9.62. The molecule has 2 aliphatic rings. The van der Waals surface area contributed by atoms with Gasteiger partial charge in [-0.3, -0.25) is 9.69 Å². The van der Waals surface area contributed by atoms with Crippen LogP contribution in [-0.4, -0.2) is 61.2 Å². The highest BCUT2D eigenvalue weighted by atomic mass is 32.2. The highest BCUT2D eigenvalue weighted by Crippen LogP contribution is 2.41. The van der Waals surface area contributed by atoms with Crippen molar-refractivity contribution in [2.75, 3.05) is 18.8 Å². The summed E-state index contributed by atoms with van der Waals surface area (Å²) in [6, 6.07) is -0.264. The summed E-state index contributed by atoms with van der Waals surface area (Å²) in [7, 11) is -3.74. The summed E-state index contributed by atoms with van der Waals surface area (Å²) in [5, 5.41) is 8.82. The van der Waals surface area contributed by atoms with Crippen molar-refractivity contribution in [2.45, 2.75) is 57.0 Å². The third kappa shape index (κ3) is 4.84. The van der Waals surface area contributed by atoms with Gasteiger partial charge in [0.1, 0.15) is 0 Å². The van der Waals surface area contributed by atoms with Gasteiger partial charge in [0.25, 0.3) is 5.92 Å². The molecule has 2 saturated carbocycles. The molecule has 0 aromatic carbocycles. The van der Waals surface area contributed by atoms with Crippen LogP contribution < -0.4 is 4.72 Å². The van der Waals surface area contributed by atoms with Gasteiger partial charge in [-0.1, -0.05) is 6.92 Å². The molecule has 0 heterocycles. The third-order valence-electron chi connectivity index (χ3n) is 4.80. The van der Waals surface area contributed by atoms with E-state index in [1.165, 1.54) is 0 Å². The molecule has 0 spiro atoms. The van der Waals surface area contributed by atoms with Crippen molar-refractivity contribution >= 4 is 16.0 Å². The number of rotatable bonds is 8. The van der Waals surface area contributed by atoms with Gasteiger partial charge in [0, 0.05) is 24.4 Å². The summed E-state index contributed by atoms with van der Waals surface area (Å²) in [4.78, 5) is 12.5. The summed E-state index contributed by atoms with van der Waals surface area (Å²) < 4.78 is 53.7. The molecule has 0 aromatic rings. The van der Waals surface area contributed by atoms with Crippen molar-refractivity contribution in [2.24, 2.45) is 5.92 Å². The lowest BCUT2D eigenvalue weighted by Crippen LogP contribution is -2.55. The molecular weight excluding hydrogens is 330 g/mol. The zero-order valence-corrected chi connectivity index (χ0v) is 14.0. The molecule has 1 unspecified atom stereocenters. The molecule has 0 amide bonds. The quantitative estimate of drug-likeness (QED) is 0.686. The van der Waals surface area contributed by atoms with Crippen LogP contribution in [0.2, 0.25) is 0 Å². The lowest BCUT2D eigenvalue weighted by molar-refractivity contribution is -0.139. The maximum atomic E-state index is 13.6. The first-order chi connectivity index (χ1) is 10.6. The van der Waals surface area contributed by atoms with Crippen molar-refractivity contribution in [3.63, 3.8) is 0 Å². The normalized spacial score (nSPS) is 30.3. The van der Waals surface area contributed by atoms with Crippen molar-refractivity contribution in [3.8, 4) is 0 Å². The van der Waals surface area contributed by atoms with Gasteiger partial charge in [-0.15, -0.1) is 0 Å². The van der Waals surface area contributed by atoms with Gasteiger partial charge in [0.15, 0.2) is 0 Å². The molecule has 0 aliphatic heterocycles. The van der Waals surface area contributed by atoms with Crippen LogP contribution >= 0.6 is 0 Å². The Morgan fingerprint density at radius 3 is 2.52 bits per heavy atom. The average Bonchev–Trinajstić information content (AvgIpc) is 2.69. The summed E-state index contributed by atoms with van der Waals surface area (Å²) in [5.74, 6) is -5.44. The zero-order valence-electron chi connectivity index (χ0n) is 13.2. The smallest absolute Gasteiger partial charge is 0.317 e. The Kier molecular flexibility index (Phi) is 5.63. The molecule has 6 nitrogen and oxygen atoms in total. The molecule has 2 N–H and O–H groups in total. The van der Waals surface area contributed by atoms with Gasteiger partial charge < -0.3 is 5.11 Å². The molecular formula is C14H24F2N2O4S. The zero-order chi connectivity index (χ0) is 17.3. The molecule has 2 rings (SSSR count). The lowest BCUT2D eigenvalue weighted by Gasteiger charge is -2.42. The highest BCUT2D eigenvalue weighted by molar-refractivity contribution is 7.89. The minimum atomic E-state index is -3.74. The number of sulfonamides is 1. The van der Waals surface area contributed by atoms with Crippen LogP contribution in [-0.2, 0) is 14.8 Å². The molecule has 134 valence electrons. The van der Waals surface area contributed by atoms with E-state index < -0.39 is 33.6 Å². The molecule has 0 saturated heterocycles. The molecule has 9 heteroatoms. The molecule has 2 fully saturated rings. The molecule has 0 aromatic heterocycles. The summed E-state index contributed by atoms with van der Waals surface area (Å²) in [6.45, 7) is 2.35. The van der Waals surface area contributed by atoms with E-state index in [4.69, 9.17) is 5.11 Å². The second-order valence-corrected chi connectivity index (χ2v) is 8.33. The number of carbonyl (C=O) groups is 1. The van der Waals surface area contributed by atoms with E-state index in [1.807, 2.05) is 6.92 Å². The number of nitrogens with one attached hydrogen (secondary N) is 1. The van der Waals surface area contributed by atoms with E-state index in [0.29, 0.717) is 25.8 Å². The number of carboxylic acids is 1. The Bertz CT molecular complexity index is 535. The SMILES string of the molecule is CCN(CC(=O)O)C1CC(NS(=O)(=O)CC2CCCC2(F)F)C1. The number of aliphatic carboxylic acids is 1. The van der Waals surface area contributed by atoms with Gasteiger partial charge in [-0.2, -0.15) is 0 Å². The Hall–Kier alpha value is -0.800. The molecule has 0 bridgehead atoms. The van der Waals surface area contributed by atoms with Gasteiger partial charge >= 0.3 is 5.97 Å². The summed E-state index contributed by atoms with van der Waals surface area (Å²) >= 11 is 0. The number of carboxylic acid groups (broad SMARTS) is 1. The van der Waals surface area contributed by atoms with Crippen molar-refractivity contribution in [3.05, 3.63) is 0 Å². The molecule has 0 radical (unpaired) electrons. The number of likely N-dealkylation sites (N-methyl/N-ethyl adjacent to an activating group) is 1. The Morgan fingerprint density at radius 2 is 2.04 bits per heavy atom. The first kappa shape index (κ1) is 18.5. The maximum absolute atomic E-state index is 13.6. The fourth-order valence-electron chi connectivity index (χ4n) is 3.43. The van der Waals surface area contributed by atoms with Crippen LogP contribution in [0.1, 0.15) is 39.0 Å². The van der Waals surface area contributed by atoms with Gasteiger partial charge in [0.05, 0.1) is 12.3 Å². The average molecular weight is 354 g/mol. The van der Waals surface area contributed by atoms with Crippen LogP contribution in [0.15, 0.2) is 0 Å². The number of hydrogen-bond acceptors (Lipinski definition) is 4. The predicted molar refractivity (Wildman–Crippen MR) is 80.9 cm³/mol. The second kappa shape index (κ2) is 6.98. The third-order valence-corrected chi connectivity index (χ3v) is 6.33. The fourth-order valence-corrected chi connectivity index (χ4v) is 5.16. The molecule has 23 heavy (non-hydrogen) atoms. The number of halogens is 2. The van der Waals surface area contributed by atoms with E-state index >= 15 is 0 Å². The van der Waals surface area contributed by atoms with E-state index in [1.54, 1.807) is 4.90 Å². The highest BCUT2D eigenvalue weighted by Gasteiger charge is 2.46. The van der Waals surface area contributed by atoms with Gasteiger partial charge in [-0.05, 0) is 32.2 Å². The fraction of sp³-hybridized carbons (Fsp3) is 0.929. The Morgan fingerprint density at radius 1 is 1.39 bits per heavy atom. The van der Waals surface area contributed by atoms with Crippen LogP contribution in [0.5, 0.6) is 0 Å². The van der Waals surface area contributed by atoms with Crippen molar-refractivity contribution in [1.82, 2.24) is 9.62 Å². The van der Waals surface area contributed by atoms with Crippen LogP contribution in [0.4, 0.5) is 8.78 Å². The van der Waals surface area contributed by atoms with E-state index in [9.17, 15) is 22.0 Å². The minimum absolute atomic E-state index is 0.0247. The van der Waals surface area contributed by atoms with Crippen molar-refractivity contribution < 1.29 is 27.1 Å². The summed E-state index contributed by atoms with van der Waals surface area (Å²) in [5.41, 5.74) is 0. The number of alkyl halides is 2. The van der Waals surface area contributed by atoms with Crippen LogP contribution in [0, 0.1) is 5.92 Å². The molecule has 1 atom stereocenters. The minimum Gasteiger partial charge on any atom is -0.480 e. The first-order valence-electron chi connectivity index (χ1n) is 7.96. The lowest BCUT2D eigenvalue weighted by atomic mass is 9.86. The maximum Gasteiger partial charge on any atom is 0.317 e. The van der Waals surface area contributed by atoms with E-state index in [-0.39, 0.29) is 31.5 Å². The molecule has 2 aliphatic carbocycles. The topological polar surface area (TPSA) is 86.7 Å². The predicted octanol–water partition coefficient (Wildman–Crippen LogP) is 1.28. The Balaban J connectivity index is 1.81. The Labute approximate surface area is 135 Å². The van der Waals surface area contributed by atoms with Gasteiger partial charge in [0.2, 0.25) is 10.0 Å². The van der Waals surface area contributed by atoms with E-state index in [0.717, 1.165) is 0 Å². The van der Waals surface area contributed by atoms with Crippen molar-refractivity contribution in [1.29, 1.82) is 0 Å². The number of hydrogen-bond donors (Lipinski definition) is 2. The monoisotopic (exact) mass is 354 g/mol. The second-order valence-electron chi connectivity index (χ2n) is 6.53. The van der Waals surface area contributed by atoms with Crippen LogP contribution in [0.3, 0.4) is 0 Å². The number of nitrogens with zero attached hydrogens (tertiary/aromatic N) is 1.